The third kappa shape index (κ3) is 15.0. The minimum Gasteiger partial charge on any atom is -0.469 e. The summed E-state index contributed by atoms with van der Waals surface area (Å²) in [5, 5.41) is 26.2. The van der Waals surface area contributed by atoms with Crippen molar-refractivity contribution in [2.75, 3.05) is 47.0 Å². The second-order valence-electron chi connectivity index (χ2n) is 16.0. The molecule has 0 aliphatic carbocycles. The minimum atomic E-state index is -0.980. The Morgan fingerprint density at radius 3 is 1.52 bits per heavy atom. The first-order valence-electron chi connectivity index (χ1n) is 20.7. The Morgan fingerprint density at radius 2 is 1.08 bits per heavy atom. The molecule has 0 aliphatic rings. The summed E-state index contributed by atoms with van der Waals surface area (Å²) in [6, 6.07) is 7.14. The third-order valence-electron chi connectivity index (χ3n) is 10.4. The number of esters is 6. The second-order valence-corrected chi connectivity index (χ2v) is 16.5. The van der Waals surface area contributed by atoms with Crippen molar-refractivity contribution in [1.29, 1.82) is 0 Å². The zero-order chi connectivity index (χ0) is 47.7. The van der Waals surface area contributed by atoms with Crippen LogP contribution < -0.4 is 0 Å². The highest BCUT2D eigenvalue weighted by atomic mass is 79.9. The van der Waals surface area contributed by atoms with Gasteiger partial charge < -0.3 is 28.4 Å². The first-order chi connectivity index (χ1) is 31.0. The Kier molecular flexibility index (Phi) is 19.7. The van der Waals surface area contributed by atoms with Crippen LogP contribution in [0.2, 0.25) is 0 Å². The van der Waals surface area contributed by atoms with Crippen LogP contribution in [0.15, 0.2) is 48.9 Å². The van der Waals surface area contributed by atoms with Crippen LogP contribution in [0, 0.1) is 17.3 Å². The Labute approximate surface area is 384 Å². The topological polar surface area (TPSA) is 253 Å². The maximum absolute atomic E-state index is 13.4. The first-order valence-corrected chi connectivity index (χ1v) is 21.9. The summed E-state index contributed by atoms with van der Waals surface area (Å²) in [6.07, 6.45) is 5.66. The zero-order valence-electron chi connectivity index (χ0n) is 37.8. The molecule has 22 nitrogen and oxygen atoms in total. The number of carbonyl (C=O) groups is 6. The Hall–Kier alpha value is -6.10. The molecule has 0 saturated carbocycles. The molecule has 23 heteroatoms. The number of ether oxygens (including phenoxy) is 6. The van der Waals surface area contributed by atoms with E-state index in [0.717, 1.165) is 5.56 Å². The van der Waals surface area contributed by atoms with Gasteiger partial charge >= 0.3 is 35.8 Å². The molecule has 4 aromatic rings. The normalized spacial score (nSPS) is 13.8. The van der Waals surface area contributed by atoms with Crippen molar-refractivity contribution < 1.29 is 57.2 Å². The average molecular weight is 974 g/mol. The summed E-state index contributed by atoms with van der Waals surface area (Å²) in [6.45, 7) is 7.48. The Morgan fingerprint density at radius 1 is 0.646 bits per heavy atom. The monoisotopic (exact) mass is 972 g/mol. The SMILES string of the molecule is COC(=O)C(C)CC(C(=O)OC)n1cc(CN(Cc2cn(C(CC(C)C(=O)OC)C(=O)OC)nn2)Cc2cn(C(CC(C)(C)C(=O)OCCCOC(=O)CBr)c3ccccc3)nn2)nn1. The van der Waals surface area contributed by atoms with Crippen LogP contribution in [0.5, 0.6) is 0 Å². The molecule has 0 radical (unpaired) electrons. The number of halogens is 1. The van der Waals surface area contributed by atoms with Gasteiger partial charge in [0.25, 0.3) is 0 Å². The predicted octanol–water partition coefficient (Wildman–Crippen LogP) is 3.37. The van der Waals surface area contributed by atoms with Gasteiger partial charge in [-0.15, -0.1) is 15.3 Å². The van der Waals surface area contributed by atoms with Gasteiger partial charge in [-0.2, -0.15) is 0 Å². The standard InChI is InChI=1S/C42H57BrN10O12/c1-27(37(55)60-5)17-33(39(57)62-7)51-24-30(44-47-51)21-50(22-31-25-52(48-45-31)34(40(58)63-8)18-28(2)38(56)61-6)23-32-26-53(49-46-32)35(29-13-10-9-11-14-29)19-42(3,4)41(59)65-16-12-15-64-36(54)20-43/h9-11,13-14,24-28,33-35H,12,15-23H2,1-8H3. The maximum atomic E-state index is 13.4. The molecule has 0 aliphatic heterocycles. The van der Waals surface area contributed by atoms with Crippen LogP contribution >= 0.6 is 15.9 Å². The number of hydrogen-bond acceptors (Lipinski definition) is 19. The molecule has 5 unspecified atom stereocenters. The number of rotatable bonds is 26. The van der Waals surface area contributed by atoms with Crippen LogP contribution in [0.1, 0.15) is 94.1 Å². The quantitative estimate of drug-likeness (QED) is 0.0378. The summed E-state index contributed by atoms with van der Waals surface area (Å²) in [5.74, 6) is -4.38. The highest BCUT2D eigenvalue weighted by molar-refractivity contribution is 9.09. The van der Waals surface area contributed by atoms with Gasteiger partial charge in [-0.1, -0.05) is 75.7 Å². The molecule has 0 bridgehead atoms. The molecule has 3 aromatic heterocycles. The molecular weight excluding hydrogens is 916 g/mol. The van der Waals surface area contributed by atoms with E-state index in [1.807, 2.05) is 35.2 Å². The van der Waals surface area contributed by atoms with E-state index in [4.69, 9.17) is 28.4 Å². The highest BCUT2D eigenvalue weighted by Gasteiger charge is 2.35. The number of alkyl halides is 1. The Bertz CT molecular complexity index is 2110. The van der Waals surface area contributed by atoms with Crippen molar-refractivity contribution in [2.24, 2.45) is 17.3 Å². The van der Waals surface area contributed by atoms with Gasteiger partial charge in [-0.25, -0.2) is 23.6 Å². The fourth-order valence-electron chi connectivity index (χ4n) is 6.88. The summed E-state index contributed by atoms with van der Waals surface area (Å²) in [5.41, 5.74) is 1.30. The largest absolute Gasteiger partial charge is 0.469 e. The van der Waals surface area contributed by atoms with Gasteiger partial charge in [0.1, 0.15) is 5.33 Å². The van der Waals surface area contributed by atoms with Gasteiger partial charge in [-0.3, -0.25) is 24.1 Å². The molecule has 5 atom stereocenters. The highest BCUT2D eigenvalue weighted by Crippen LogP contribution is 2.34. The third-order valence-corrected chi connectivity index (χ3v) is 10.9. The van der Waals surface area contributed by atoms with Crippen molar-refractivity contribution in [1.82, 2.24) is 49.9 Å². The van der Waals surface area contributed by atoms with Gasteiger partial charge in [0.15, 0.2) is 12.1 Å². The maximum Gasteiger partial charge on any atom is 0.330 e. The number of methoxy groups -OCH3 is 4. The van der Waals surface area contributed by atoms with E-state index < -0.39 is 71.2 Å². The van der Waals surface area contributed by atoms with Gasteiger partial charge in [0, 0.05) is 26.1 Å². The van der Waals surface area contributed by atoms with Crippen LogP contribution in [0.4, 0.5) is 0 Å². The smallest absolute Gasteiger partial charge is 0.330 e. The van der Waals surface area contributed by atoms with E-state index in [1.165, 1.54) is 37.8 Å². The van der Waals surface area contributed by atoms with Gasteiger partial charge in [0.2, 0.25) is 0 Å². The molecule has 0 saturated heterocycles. The van der Waals surface area contributed by atoms with E-state index in [2.05, 4.69) is 46.9 Å². The fourth-order valence-corrected chi connectivity index (χ4v) is 7.04. The van der Waals surface area contributed by atoms with Gasteiger partial charge in [-0.05, 0) is 38.7 Å². The number of benzene rings is 1. The minimum absolute atomic E-state index is 0.0415. The number of carbonyl (C=O) groups excluding carboxylic acids is 6. The number of aromatic nitrogens is 9. The zero-order valence-corrected chi connectivity index (χ0v) is 39.4. The summed E-state index contributed by atoms with van der Waals surface area (Å²) < 4.78 is 34.8. The molecular formula is C42H57BrN10O12. The lowest BCUT2D eigenvalue weighted by Gasteiger charge is -2.28. The van der Waals surface area contributed by atoms with Crippen molar-refractivity contribution in [2.45, 2.75) is 91.1 Å². The van der Waals surface area contributed by atoms with E-state index in [0.29, 0.717) is 29.9 Å². The molecule has 3 heterocycles. The van der Waals surface area contributed by atoms with Crippen molar-refractivity contribution in [3.63, 3.8) is 0 Å². The van der Waals surface area contributed by atoms with Crippen LogP contribution in [0.3, 0.4) is 0 Å². The van der Waals surface area contributed by atoms with Gasteiger partial charge in [0.05, 0.1) is 101 Å². The average Bonchev–Trinajstić information content (AvgIpc) is 4.10. The van der Waals surface area contributed by atoms with Crippen LogP contribution in [-0.2, 0) is 76.8 Å². The predicted molar refractivity (Wildman–Crippen MR) is 230 cm³/mol. The molecule has 0 spiro atoms. The lowest BCUT2D eigenvalue weighted by Crippen LogP contribution is -2.31. The van der Waals surface area contributed by atoms with E-state index in [1.54, 1.807) is 51.0 Å². The fraction of sp³-hybridized carbons (Fsp3) is 0.571. The van der Waals surface area contributed by atoms with Crippen LogP contribution in [-0.4, -0.2) is 133 Å². The molecule has 0 fully saturated rings. The molecule has 354 valence electrons. The van der Waals surface area contributed by atoms with Crippen molar-refractivity contribution in [3.05, 3.63) is 71.6 Å². The first kappa shape index (κ1) is 51.5. The molecule has 1 aromatic carbocycles. The summed E-state index contributed by atoms with van der Waals surface area (Å²) >= 11 is 3.05. The second kappa shape index (κ2) is 24.8. The summed E-state index contributed by atoms with van der Waals surface area (Å²) in [4.78, 5) is 77.1. The number of nitrogens with zero attached hydrogens (tertiary/aromatic N) is 10. The lowest BCUT2D eigenvalue weighted by atomic mass is 9.83. The molecule has 65 heavy (non-hydrogen) atoms. The van der Waals surface area contributed by atoms with E-state index in [9.17, 15) is 28.8 Å². The lowest BCUT2D eigenvalue weighted by molar-refractivity contribution is -0.155. The van der Waals surface area contributed by atoms with Crippen molar-refractivity contribution in [3.8, 4) is 0 Å². The van der Waals surface area contributed by atoms with E-state index >= 15 is 0 Å². The number of hydrogen-bond donors (Lipinski definition) is 0. The van der Waals surface area contributed by atoms with E-state index in [-0.39, 0.29) is 51.0 Å². The molecule has 0 N–H and O–H groups in total. The molecule has 0 amide bonds. The Balaban J connectivity index is 1.64. The van der Waals surface area contributed by atoms with Crippen LogP contribution in [0.25, 0.3) is 0 Å². The summed E-state index contributed by atoms with van der Waals surface area (Å²) in [7, 11) is 5.01. The molecule has 4 rings (SSSR count). The van der Waals surface area contributed by atoms with Crippen molar-refractivity contribution >= 4 is 51.7 Å².